The van der Waals surface area contributed by atoms with Crippen LogP contribution in [0.4, 0.5) is 5.69 Å². The van der Waals surface area contributed by atoms with Crippen LogP contribution in [0.2, 0.25) is 0 Å². The molecule has 0 amide bonds. The van der Waals surface area contributed by atoms with Gasteiger partial charge in [-0.05, 0) is 18.2 Å². The first-order chi connectivity index (χ1) is 16.5. The van der Waals surface area contributed by atoms with Gasteiger partial charge in [-0.15, -0.1) is 0 Å². The summed E-state index contributed by atoms with van der Waals surface area (Å²) in [7, 11) is 1.38. The quantitative estimate of drug-likeness (QED) is 0.168. The van der Waals surface area contributed by atoms with Gasteiger partial charge in [-0.25, -0.2) is 4.98 Å². The van der Waals surface area contributed by atoms with Crippen molar-refractivity contribution in [1.82, 2.24) is 9.66 Å². The van der Waals surface area contributed by atoms with Crippen LogP contribution in [-0.2, 0) is 0 Å². The van der Waals surface area contributed by atoms with Gasteiger partial charge in [0.05, 0.1) is 29.2 Å². The van der Waals surface area contributed by atoms with E-state index in [2.05, 4.69) is 16.7 Å². The van der Waals surface area contributed by atoms with Gasteiger partial charge >= 0.3 is 5.69 Å². The summed E-state index contributed by atoms with van der Waals surface area (Å²) < 4.78 is 11.9. The van der Waals surface area contributed by atoms with Crippen LogP contribution in [0.5, 0.6) is 11.5 Å². The lowest BCUT2D eigenvalue weighted by Gasteiger charge is -2.11. The zero-order valence-corrected chi connectivity index (χ0v) is 18.2. The third kappa shape index (κ3) is 4.40. The second kappa shape index (κ2) is 9.78. The van der Waals surface area contributed by atoms with E-state index in [-0.39, 0.29) is 29.4 Å². The lowest BCUT2D eigenvalue weighted by Crippen LogP contribution is -2.20. The minimum absolute atomic E-state index is 0.0148. The highest BCUT2D eigenvalue weighted by Gasteiger charge is 2.22. The average Bonchev–Trinajstić information content (AvgIpc) is 2.87. The molecule has 0 radical (unpaired) electrons. The number of rotatable bonds is 8. The fourth-order valence-electron chi connectivity index (χ4n) is 3.39. The summed E-state index contributed by atoms with van der Waals surface area (Å²) in [4.78, 5) is 29.0. The van der Waals surface area contributed by atoms with Gasteiger partial charge in [0.15, 0.2) is 11.6 Å². The molecule has 3 aromatic carbocycles. The van der Waals surface area contributed by atoms with E-state index in [9.17, 15) is 14.9 Å². The molecule has 0 aliphatic rings. The van der Waals surface area contributed by atoms with E-state index < -0.39 is 4.92 Å². The second-order valence-electron chi connectivity index (χ2n) is 7.11. The Hall–Kier alpha value is -4.79. The number of ether oxygens (including phenoxy) is 2. The summed E-state index contributed by atoms with van der Waals surface area (Å²) in [6.45, 7) is 3.63. The van der Waals surface area contributed by atoms with E-state index in [0.29, 0.717) is 27.9 Å². The number of nitro benzene ring substituents is 1. The molecule has 0 aliphatic carbocycles. The van der Waals surface area contributed by atoms with Crippen LogP contribution < -0.4 is 15.0 Å². The molecule has 0 N–H and O–H groups in total. The molecule has 0 saturated heterocycles. The summed E-state index contributed by atoms with van der Waals surface area (Å²) >= 11 is 0. The largest absolute Gasteiger partial charge is 0.493 e. The minimum Gasteiger partial charge on any atom is -0.493 e. The van der Waals surface area contributed by atoms with Crippen molar-refractivity contribution in [3.05, 3.63) is 105 Å². The maximum Gasteiger partial charge on any atom is 0.315 e. The summed E-state index contributed by atoms with van der Waals surface area (Å²) in [6.07, 6.45) is 2.82. The van der Waals surface area contributed by atoms with Crippen molar-refractivity contribution in [3.63, 3.8) is 0 Å². The standard InChI is InChI=1S/C25H20N4O5/c1-3-13-34-23-21(29(31)32)14-17(15-22(23)33-2)16-26-28-24(18-9-5-4-6-10-18)27-20-12-8-7-11-19(20)25(28)30/h3-12,14-16H,1,13H2,2H3. The van der Waals surface area contributed by atoms with Crippen LogP contribution in [0.1, 0.15) is 5.56 Å². The highest BCUT2D eigenvalue weighted by molar-refractivity contribution is 5.84. The monoisotopic (exact) mass is 456 g/mol. The fourth-order valence-corrected chi connectivity index (χ4v) is 3.39. The topological polar surface area (TPSA) is 109 Å². The van der Waals surface area contributed by atoms with Crippen molar-refractivity contribution in [3.8, 4) is 22.9 Å². The summed E-state index contributed by atoms with van der Waals surface area (Å²) in [6, 6.07) is 19.0. The molecule has 4 aromatic rings. The summed E-state index contributed by atoms with van der Waals surface area (Å²) in [5.41, 5.74) is 0.912. The number of aromatic nitrogens is 2. The normalized spacial score (nSPS) is 11.0. The number of fused-ring (bicyclic) bond motifs is 1. The summed E-state index contributed by atoms with van der Waals surface area (Å²) in [5, 5.41) is 16.4. The predicted molar refractivity (Wildman–Crippen MR) is 130 cm³/mol. The molecule has 0 saturated carbocycles. The third-order valence-electron chi connectivity index (χ3n) is 4.93. The molecule has 9 heteroatoms. The molecule has 9 nitrogen and oxygen atoms in total. The molecule has 34 heavy (non-hydrogen) atoms. The molecule has 1 heterocycles. The highest BCUT2D eigenvalue weighted by atomic mass is 16.6. The van der Waals surface area contributed by atoms with Crippen molar-refractivity contribution < 1.29 is 14.4 Å². The highest BCUT2D eigenvalue weighted by Crippen LogP contribution is 2.38. The number of benzene rings is 3. The molecular weight excluding hydrogens is 436 g/mol. The number of nitro groups is 1. The van der Waals surface area contributed by atoms with Gasteiger partial charge in [-0.3, -0.25) is 14.9 Å². The Morgan fingerprint density at radius 1 is 1.15 bits per heavy atom. The van der Waals surface area contributed by atoms with Gasteiger partial charge in [0.2, 0.25) is 5.75 Å². The molecule has 1 aromatic heterocycles. The Kier molecular flexibility index (Phi) is 6.45. The maximum atomic E-state index is 13.3. The fraction of sp³-hybridized carbons (Fsp3) is 0.0800. The van der Waals surface area contributed by atoms with Crippen LogP contribution in [0, 0.1) is 10.1 Å². The van der Waals surface area contributed by atoms with E-state index in [0.717, 1.165) is 0 Å². The zero-order chi connectivity index (χ0) is 24.1. The Morgan fingerprint density at radius 3 is 2.59 bits per heavy atom. The van der Waals surface area contributed by atoms with E-state index in [4.69, 9.17) is 9.47 Å². The Balaban J connectivity index is 1.88. The van der Waals surface area contributed by atoms with Crippen LogP contribution in [0.15, 0.2) is 89.3 Å². The van der Waals surface area contributed by atoms with Crippen molar-refractivity contribution in [2.45, 2.75) is 0 Å². The smallest absolute Gasteiger partial charge is 0.315 e. The second-order valence-corrected chi connectivity index (χ2v) is 7.11. The van der Waals surface area contributed by atoms with Gasteiger partial charge in [0.25, 0.3) is 5.56 Å². The Bertz CT molecular complexity index is 1460. The van der Waals surface area contributed by atoms with Crippen LogP contribution in [0.3, 0.4) is 0 Å². The predicted octanol–water partition coefficient (Wildman–Crippen LogP) is 4.43. The van der Waals surface area contributed by atoms with Gasteiger partial charge < -0.3 is 9.47 Å². The number of hydrogen-bond acceptors (Lipinski definition) is 7. The summed E-state index contributed by atoms with van der Waals surface area (Å²) in [5.74, 6) is 0.483. The number of hydrogen-bond donors (Lipinski definition) is 0. The van der Waals surface area contributed by atoms with E-state index in [1.165, 1.54) is 36.2 Å². The maximum absolute atomic E-state index is 13.3. The van der Waals surface area contributed by atoms with Gasteiger partial charge in [0.1, 0.15) is 6.61 Å². The third-order valence-corrected chi connectivity index (χ3v) is 4.93. The van der Waals surface area contributed by atoms with Crippen LogP contribution >= 0.6 is 0 Å². The molecule has 0 bridgehead atoms. The van der Waals surface area contributed by atoms with Crippen molar-refractivity contribution in [2.75, 3.05) is 13.7 Å². The first-order valence-electron chi connectivity index (χ1n) is 10.2. The van der Waals surface area contributed by atoms with Crippen molar-refractivity contribution in [1.29, 1.82) is 0 Å². The van der Waals surface area contributed by atoms with Crippen LogP contribution in [-0.4, -0.2) is 34.5 Å². The molecular formula is C25H20N4O5. The zero-order valence-electron chi connectivity index (χ0n) is 18.2. The first kappa shape index (κ1) is 22.4. The molecule has 170 valence electrons. The van der Waals surface area contributed by atoms with E-state index in [1.807, 2.05) is 30.3 Å². The SMILES string of the molecule is C=CCOc1c(OC)cc(C=Nn2c(-c3ccccc3)nc3ccccc3c2=O)cc1[N+](=O)[O-]. The Morgan fingerprint density at radius 2 is 1.88 bits per heavy atom. The minimum atomic E-state index is -0.572. The molecule has 4 rings (SSSR count). The molecule has 0 atom stereocenters. The van der Waals surface area contributed by atoms with Crippen molar-refractivity contribution in [2.24, 2.45) is 5.10 Å². The van der Waals surface area contributed by atoms with Gasteiger partial charge in [-0.2, -0.15) is 9.78 Å². The lowest BCUT2D eigenvalue weighted by atomic mass is 10.2. The Labute approximate surface area is 194 Å². The molecule has 0 fully saturated rings. The number of methoxy groups -OCH3 is 1. The van der Waals surface area contributed by atoms with Crippen LogP contribution in [0.25, 0.3) is 22.3 Å². The number of para-hydroxylation sites is 1. The molecule has 0 aliphatic heterocycles. The van der Waals surface area contributed by atoms with Gasteiger partial charge in [0, 0.05) is 17.2 Å². The number of nitrogens with zero attached hydrogens (tertiary/aromatic N) is 4. The van der Waals surface area contributed by atoms with Crippen molar-refractivity contribution >= 4 is 22.8 Å². The van der Waals surface area contributed by atoms with E-state index in [1.54, 1.807) is 24.3 Å². The first-order valence-corrected chi connectivity index (χ1v) is 10.2. The average molecular weight is 456 g/mol. The van der Waals surface area contributed by atoms with Gasteiger partial charge in [-0.1, -0.05) is 55.1 Å². The molecule has 0 unspecified atom stereocenters. The lowest BCUT2D eigenvalue weighted by molar-refractivity contribution is -0.385. The molecule has 0 spiro atoms. The van der Waals surface area contributed by atoms with E-state index >= 15 is 0 Å².